The van der Waals surface area contributed by atoms with E-state index in [9.17, 15) is 28.2 Å². The van der Waals surface area contributed by atoms with Crippen molar-refractivity contribution < 1.29 is 28.2 Å². The van der Waals surface area contributed by atoms with Gasteiger partial charge in [0.1, 0.15) is 11.5 Å². The number of anilines is 1. The second kappa shape index (κ2) is 7.64. The van der Waals surface area contributed by atoms with Crippen molar-refractivity contribution in [1.82, 2.24) is 0 Å². The number of halogens is 3. The van der Waals surface area contributed by atoms with Gasteiger partial charge in [0.15, 0.2) is 6.04 Å². The average molecular weight is 387 g/mol. The van der Waals surface area contributed by atoms with Crippen LogP contribution in [0.15, 0.2) is 78.9 Å². The molecular weight excluding hydrogens is 371 g/mol. The van der Waals surface area contributed by atoms with Gasteiger partial charge in [-0.15, -0.1) is 0 Å². The molecule has 0 aliphatic heterocycles. The van der Waals surface area contributed by atoms with Gasteiger partial charge in [0.25, 0.3) is 5.91 Å². The van der Waals surface area contributed by atoms with E-state index in [1.54, 1.807) is 6.07 Å². The highest BCUT2D eigenvalue weighted by atomic mass is 19.4. The van der Waals surface area contributed by atoms with E-state index in [0.717, 1.165) is 0 Å². The molecule has 0 radical (unpaired) electrons. The summed E-state index contributed by atoms with van der Waals surface area (Å²) in [7, 11) is 0. The van der Waals surface area contributed by atoms with Gasteiger partial charge in [0.2, 0.25) is 0 Å². The molecule has 0 fully saturated rings. The SMILES string of the molecule is O=C(c1ccccc1O)N(c1ccc(O)cc1)C(c1ccccc1)C(F)(F)F. The largest absolute Gasteiger partial charge is 0.508 e. The summed E-state index contributed by atoms with van der Waals surface area (Å²) in [6.45, 7) is 0. The number of aromatic hydroxyl groups is 2. The Bertz CT molecular complexity index is 957. The van der Waals surface area contributed by atoms with Gasteiger partial charge in [0.05, 0.1) is 5.56 Å². The fraction of sp³-hybridized carbons (Fsp3) is 0.0952. The Hall–Kier alpha value is -3.48. The predicted molar refractivity (Wildman–Crippen MR) is 98.3 cm³/mol. The number of hydrogen-bond acceptors (Lipinski definition) is 3. The van der Waals surface area contributed by atoms with E-state index in [1.807, 2.05) is 0 Å². The molecule has 3 rings (SSSR count). The van der Waals surface area contributed by atoms with Gasteiger partial charge in [-0.05, 0) is 42.0 Å². The van der Waals surface area contributed by atoms with E-state index in [4.69, 9.17) is 0 Å². The van der Waals surface area contributed by atoms with Crippen LogP contribution in [-0.4, -0.2) is 22.3 Å². The van der Waals surface area contributed by atoms with Crippen molar-refractivity contribution in [3.05, 3.63) is 90.0 Å². The Morgan fingerprint density at radius 3 is 1.96 bits per heavy atom. The van der Waals surface area contributed by atoms with Crippen molar-refractivity contribution in [3.63, 3.8) is 0 Å². The van der Waals surface area contributed by atoms with E-state index in [0.29, 0.717) is 4.90 Å². The molecule has 0 aromatic heterocycles. The first-order valence-corrected chi connectivity index (χ1v) is 8.31. The van der Waals surface area contributed by atoms with Crippen molar-refractivity contribution >= 4 is 11.6 Å². The molecule has 28 heavy (non-hydrogen) atoms. The van der Waals surface area contributed by atoms with Crippen LogP contribution in [-0.2, 0) is 0 Å². The first-order valence-electron chi connectivity index (χ1n) is 8.31. The Balaban J connectivity index is 2.21. The van der Waals surface area contributed by atoms with Gasteiger partial charge in [-0.2, -0.15) is 13.2 Å². The van der Waals surface area contributed by atoms with Crippen LogP contribution in [0.25, 0.3) is 0 Å². The van der Waals surface area contributed by atoms with E-state index < -0.39 is 23.9 Å². The highest BCUT2D eigenvalue weighted by Gasteiger charge is 2.47. The zero-order chi connectivity index (χ0) is 20.3. The van der Waals surface area contributed by atoms with Crippen LogP contribution in [0.3, 0.4) is 0 Å². The first-order chi connectivity index (χ1) is 13.3. The minimum absolute atomic E-state index is 0.0720. The van der Waals surface area contributed by atoms with Gasteiger partial charge < -0.3 is 10.2 Å². The molecular formula is C21H16F3NO3. The van der Waals surface area contributed by atoms with E-state index >= 15 is 0 Å². The molecule has 1 unspecified atom stereocenters. The van der Waals surface area contributed by atoms with E-state index in [-0.39, 0.29) is 22.6 Å². The van der Waals surface area contributed by atoms with Crippen LogP contribution < -0.4 is 4.90 Å². The standard InChI is InChI=1S/C21H16F3NO3/c22-21(23,24)19(14-6-2-1-3-7-14)25(15-10-12-16(26)13-11-15)20(28)17-8-4-5-9-18(17)27/h1-13,19,26-27H. The summed E-state index contributed by atoms with van der Waals surface area (Å²) < 4.78 is 42.3. The number of phenolic OH excluding ortho intramolecular Hbond substituents is 2. The molecule has 144 valence electrons. The van der Waals surface area contributed by atoms with Crippen LogP contribution in [0.1, 0.15) is 22.0 Å². The normalized spacial score (nSPS) is 12.4. The number of phenols is 2. The minimum atomic E-state index is -4.79. The van der Waals surface area contributed by atoms with Crippen molar-refractivity contribution in [1.29, 1.82) is 0 Å². The molecule has 2 N–H and O–H groups in total. The number of nitrogens with zero attached hydrogens (tertiary/aromatic N) is 1. The highest BCUT2D eigenvalue weighted by Crippen LogP contribution is 2.41. The Morgan fingerprint density at radius 1 is 0.821 bits per heavy atom. The number of hydrogen-bond donors (Lipinski definition) is 2. The maximum atomic E-state index is 14.1. The van der Waals surface area contributed by atoms with Crippen LogP contribution in [0.4, 0.5) is 18.9 Å². The summed E-state index contributed by atoms with van der Waals surface area (Å²) in [5.74, 6) is -1.60. The van der Waals surface area contributed by atoms with Crippen LogP contribution in [0.5, 0.6) is 11.5 Å². The zero-order valence-corrected chi connectivity index (χ0v) is 14.5. The van der Waals surface area contributed by atoms with Crippen molar-refractivity contribution in [2.45, 2.75) is 12.2 Å². The van der Waals surface area contributed by atoms with Gasteiger partial charge in [-0.25, -0.2) is 0 Å². The molecule has 0 bridgehead atoms. The number of para-hydroxylation sites is 1. The summed E-state index contributed by atoms with van der Waals surface area (Å²) in [6.07, 6.45) is -4.79. The lowest BCUT2D eigenvalue weighted by molar-refractivity contribution is -0.149. The third-order valence-electron chi connectivity index (χ3n) is 4.16. The summed E-state index contributed by atoms with van der Waals surface area (Å²) >= 11 is 0. The van der Waals surface area contributed by atoms with Crippen molar-refractivity contribution in [2.75, 3.05) is 4.90 Å². The van der Waals surface area contributed by atoms with Crippen LogP contribution >= 0.6 is 0 Å². The molecule has 7 heteroatoms. The lowest BCUT2D eigenvalue weighted by Gasteiger charge is -2.34. The Labute approximate surface area is 159 Å². The van der Waals surface area contributed by atoms with E-state index in [1.165, 1.54) is 72.8 Å². The highest BCUT2D eigenvalue weighted by molar-refractivity contribution is 6.08. The quantitative estimate of drug-likeness (QED) is 0.659. The third-order valence-corrected chi connectivity index (χ3v) is 4.16. The number of benzene rings is 3. The van der Waals surface area contributed by atoms with Crippen molar-refractivity contribution in [3.8, 4) is 11.5 Å². The third kappa shape index (κ3) is 3.93. The first kappa shape index (κ1) is 19.3. The lowest BCUT2D eigenvalue weighted by atomic mass is 10.0. The molecule has 0 aliphatic carbocycles. The Morgan fingerprint density at radius 2 is 1.39 bits per heavy atom. The summed E-state index contributed by atoms with van der Waals surface area (Å²) in [4.78, 5) is 13.7. The van der Waals surface area contributed by atoms with Gasteiger partial charge >= 0.3 is 6.18 Å². The fourth-order valence-electron chi connectivity index (χ4n) is 2.90. The molecule has 0 aliphatic rings. The van der Waals surface area contributed by atoms with Crippen LogP contribution in [0, 0.1) is 0 Å². The lowest BCUT2D eigenvalue weighted by Crippen LogP contribution is -2.42. The van der Waals surface area contributed by atoms with E-state index in [2.05, 4.69) is 0 Å². The molecule has 4 nitrogen and oxygen atoms in total. The minimum Gasteiger partial charge on any atom is -0.508 e. The van der Waals surface area contributed by atoms with Crippen LogP contribution in [0.2, 0.25) is 0 Å². The molecule has 0 heterocycles. The number of carbonyl (C=O) groups is 1. The molecule has 0 spiro atoms. The monoisotopic (exact) mass is 387 g/mol. The fourth-order valence-corrected chi connectivity index (χ4v) is 2.90. The maximum absolute atomic E-state index is 14.1. The molecule has 0 saturated heterocycles. The molecule has 3 aromatic carbocycles. The molecule has 1 atom stereocenters. The average Bonchev–Trinajstić information content (AvgIpc) is 2.66. The second-order valence-electron chi connectivity index (χ2n) is 6.06. The summed E-state index contributed by atoms with van der Waals surface area (Å²) in [6, 6.07) is 15.0. The number of rotatable bonds is 4. The zero-order valence-electron chi connectivity index (χ0n) is 14.5. The maximum Gasteiger partial charge on any atom is 0.413 e. The van der Waals surface area contributed by atoms with Crippen molar-refractivity contribution in [2.24, 2.45) is 0 Å². The molecule has 3 aromatic rings. The summed E-state index contributed by atoms with van der Waals surface area (Å²) in [5, 5.41) is 19.5. The predicted octanol–water partition coefficient (Wildman–Crippen LogP) is 5.05. The summed E-state index contributed by atoms with van der Waals surface area (Å²) in [5.41, 5.74) is -0.468. The smallest absolute Gasteiger partial charge is 0.413 e. The van der Waals surface area contributed by atoms with Gasteiger partial charge in [0, 0.05) is 5.69 Å². The number of amides is 1. The molecule has 1 amide bonds. The molecule has 0 saturated carbocycles. The second-order valence-corrected chi connectivity index (χ2v) is 6.06. The van der Waals surface area contributed by atoms with Gasteiger partial charge in [-0.1, -0.05) is 42.5 Å². The topological polar surface area (TPSA) is 60.8 Å². The number of alkyl halides is 3. The number of carbonyl (C=O) groups excluding carboxylic acids is 1. The van der Waals surface area contributed by atoms with Gasteiger partial charge in [-0.3, -0.25) is 9.69 Å². The Kier molecular flexibility index (Phi) is 5.26.